The fourth-order valence-corrected chi connectivity index (χ4v) is 2.04. The van der Waals surface area contributed by atoms with Crippen LogP contribution in [0, 0.1) is 0 Å². The van der Waals surface area contributed by atoms with Crippen LogP contribution in [-0.2, 0) is 6.54 Å². The molecule has 1 aromatic carbocycles. The largest absolute Gasteiger partial charge is 0.399 e. The SMILES string of the molecule is CCCCCC[n+]1ccc(N=Nc2ccc(N)cc2)cc1. The molecule has 0 amide bonds. The van der Waals surface area contributed by atoms with Crippen LogP contribution in [0.4, 0.5) is 17.1 Å². The van der Waals surface area contributed by atoms with Crippen LogP contribution in [0.2, 0.25) is 0 Å². The molecular weight excluding hydrogens is 260 g/mol. The van der Waals surface area contributed by atoms with Crippen molar-refractivity contribution in [3.05, 3.63) is 48.8 Å². The van der Waals surface area contributed by atoms with Gasteiger partial charge < -0.3 is 5.73 Å². The number of rotatable bonds is 7. The van der Waals surface area contributed by atoms with E-state index in [-0.39, 0.29) is 0 Å². The van der Waals surface area contributed by atoms with Gasteiger partial charge in [0.2, 0.25) is 0 Å². The monoisotopic (exact) mass is 283 g/mol. The van der Waals surface area contributed by atoms with Crippen LogP contribution < -0.4 is 10.3 Å². The van der Waals surface area contributed by atoms with Gasteiger partial charge in [0.1, 0.15) is 6.54 Å². The summed E-state index contributed by atoms with van der Waals surface area (Å²) in [5, 5.41) is 8.42. The summed E-state index contributed by atoms with van der Waals surface area (Å²) in [6, 6.07) is 11.3. The second kappa shape index (κ2) is 8.15. The molecule has 0 aliphatic rings. The van der Waals surface area contributed by atoms with E-state index in [1.165, 1.54) is 25.7 Å². The second-order valence-corrected chi connectivity index (χ2v) is 5.15. The molecule has 0 spiro atoms. The molecule has 0 radical (unpaired) electrons. The van der Waals surface area contributed by atoms with Crippen molar-refractivity contribution in [1.82, 2.24) is 0 Å². The molecule has 4 nitrogen and oxygen atoms in total. The summed E-state index contributed by atoms with van der Waals surface area (Å²) in [5.74, 6) is 0. The van der Waals surface area contributed by atoms with Gasteiger partial charge in [-0.15, -0.1) is 0 Å². The first-order valence-corrected chi connectivity index (χ1v) is 7.54. The maximum atomic E-state index is 5.63. The Bertz CT molecular complexity index is 558. The number of anilines is 1. The van der Waals surface area contributed by atoms with Gasteiger partial charge in [0.15, 0.2) is 12.4 Å². The lowest BCUT2D eigenvalue weighted by atomic mass is 10.2. The first-order chi connectivity index (χ1) is 10.3. The molecule has 2 N–H and O–H groups in total. The van der Waals surface area contributed by atoms with E-state index >= 15 is 0 Å². The first kappa shape index (κ1) is 15.2. The summed E-state index contributed by atoms with van der Waals surface area (Å²) in [6.45, 7) is 3.30. The fraction of sp³-hybridized carbons (Fsp3) is 0.353. The first-order valence-electron chi connectivity index (χ1n) is 7.54. The third-order valence-corrected chi connectivity index (χ3v) is 3.32. The Morgan fingerprint density at radius 2 is 1.48 bits per heavy atom. The molecule has 2 aromatic rings. The standard InChI is InChI=1S/C17H22N4/c1-2-3-4-5-12-21-13-10-17(11-14-21)20-19-16-8-6-15(18)7-9-16/h6-11,13-14,18H,2-5,12H2,1H3/p+1. The Kier molecular flexibility index (Phi) is 5.88. The molecule has 1 heterocycles. The molecule has 0 saturated carbocycles. The molecule has 0 bridgehead atoms. The maximum Gasteiger partial charge on any atom is 0.171 e. The Balaban J connectivity index is 1.88. The molecule has 21 heavy (non-hydrogen) atoms. The summed E-state index contributed by atoms with van der Waals surface area (Å²) in [5.41, 5.74) is 8.03. The van der Waals surface area contributed by atoms with Crippen LogP contribution >= 0.6 is 0 Å². The molecule has 1 aromatic heterocycles. The number of pyridine rings is 1. The van der Waals surface area contributed by atoms with Crippen molar-refractivity contribution in [2.24, 2.45) is 10.2 Å². The molecule has 4 heteroatoms. The van der Waals surface area contributed by atoms with Crippen molar-refractivity contribution < 1.29 is 4.57 Å². The summed E-state index contributed by atoms with van der Waals surface area (Å²) >= 11 is 0. The number of hydrogen-bond acceptors (Lipinski definition) is 3. The molecule has 0 aliphatic carbocycles. The van der Waals surface area contributed by atoms with Crippen LogP contribution in [0.15, 0.2) is 59.0 Å². The Morgan fingerprint density at radius 1 is 0.857 bits per heavy atom. The van der Waals surface area contributed by atoms with Gasteiger partial charge in [-0.1, -0.05) is 19.8 Å². The summed E-state index contributed by atoms with van der Waals surface area (Å²) in [6.07, 6.45) is 9.23. The predicted octanol–water partition coefficient (Wildman–Crippen LogP) is 4.55. The number of nitrogens with zero attached hydrogens (tertiary/aromatic N) is 3. The highest BCUT2D eigenvalue weighted by atomic mass is 15.1. The number of nitrogens with two attached hydrogens (primary N) is 1. The highest BCUT2D eigenvalue weighted by molar-refractivity contribution is 5.47. The zero-order valence-corrected chi connectivity index (χ0v) is 12.6. The van der Waals surface area contributed by atoms with Crippen molar-refractivity contribution in [1.29, 1.82) is 0 Å². The summed E-state index contributed by atoms with van der Waals surface area (Å²) < 4.78 is 2.19. The van der Waals surface area contributed by atoms with Crippen molar-refractivity contribution in [3.8, 4) is 0 Å². The third-order valence-electron chi connectivity index (χ3n) is 3.32. The number of unbranched alkanes of at least 4 members (excludes halogenated alkanes) is 3. The van der Waals surface area contributed by atoms with E-state index in [1.807, 2.05) is 36.4 Å². The number of aryl methyl sites for hydroxylation is 1. The number of azo groups is 1. The molecule has 0 unspecified atom stereocenters. The van der Waals surface area contributed by atoms with E-state index in [0.29, 0.717) is 0 Å². The molecule has 0 atom stereocenters. The van der Waals surface area contributed by atoms with Gasteiger partial charge in [-0.05, 0) is 30.7 Å². The number of hydrogen-bond donors (Lipinski definition) is 1. The average molecular weight is 283 g/mol. The van der Waals surface area contributed by atoms with Crippen molar-refractivity contribution >= 4 is 17.1 Å². The molecule has 0 aliphatic heterocycles. The van der Waals surface area contributed by atoms with Crippen molar-refractivity contribution in [2.75, 3.05) is 5.73 Å². The van der Waals surface area contributed by atoms with Crippen LogP contribution in [-0.4, -0.2) is 0 Å². The van der Waals surface area contributed by atoms with Gasteiger partial charge in [-0.3, -0.25) is 0 Å². The van der Waals surface area contributed by atoms with Gasteiger partial charge in [-0.2, -0.15) is 10.2 Å². The molecular formula is C17H23N4+. The lowest BCUT2D eigenvalue weighted by molar-refractivity contribution is -0.697. The quantitative estimate of drug-likeness (QED) is 0.344. The summed E-state index contributed by atoms with van der Waals surface area (Å²) in [4.78, 5) is 0. The van der Waals surface area contributed by atoms with E-state index in [2.05, 4.69) is 34.1 Å². The minimum atomic E-state index is 0.734. The fourth-order valence-electron chi connectivity index (χ4n) is 2.04. The van der Waals surface area contributed by atoms with Crippen molar-refractivity contribution in [2.45, 2.75) is 39.2 Å². The van der Waals surface area contributed by atoms with Gasteiger partial charge in [0, 0.05) is 24.2 Å². The lowest BCUT2D eigenvalue weighted by Gasteiger charge is -1.97. The normalized spacial score (nSPS) is 11.1. The minimum Gasteiger partial charge on any atom is -0.399 e. The Hall–Kier alpha value is -2.23. The van der Waals surface area contributed by atoms with Crippen LogP contribution in [0.3, 0.4) is 0 Å². The number of nitrogen functional groups attached to an aromatic ring is 1. The minimum absolute atomic E-state index is 0.734. The van der Waals surface area contributed by atoms with Crippen LogP contribution in [0.1, 0.15) is 32.6 Å². The molecule has 0 fully saturated rings. The molecule has 2 rings (SSSR count). The molecule has 0 saturated heterocycles. The van der Waals surface area contributed by atoms with E-state index in [1.54, 1.807) is 0 Å². The Labute approximate surface area is 126 Å². The van der Waals surface area contributed by atoms with E-state index in [0.717, 1.165) is 23.6 Å². The zero-order chi connectivity index (χ0) is 14.9. The number of benzene rings is 1. The van der Waals surface area contributed by atoms with E-state index in [4.69, 9.17) is 5.73 Å². The highest BCUT2D eigenvalue weighted by Crippen LogP contribution is 2.18. The molecule has 110 valence electrons. The lowest BCUT2D eigenvalue weighted by Crippen LogP contribution is -2.32. The van der Waals surface area contributed by atoms with Gasteiger partial charge in [-0.25, -0.2) is 4.57 Å². The predicted molar refractivity (Wildman–Crippen MR) is 85.8 cm³/mol. The summed E-state index contributed by atoms with van der Waals surface area (Å²) in [7, 11) is 0. The average Bonchev–Trinajstić information content (AvgIpc) is 2.52. The topological polar surface area (TPSA) is 54.6 Å². The van der Waals surface area contributed by atoms with Crippen molar-refractivity contribution in [3.63, 3.8) is 0 Å². The second-order valence-electron chi connectivity index (χ2n) is 5.15. The van der Waals surface area contributed by atoms with Crippen LogP contribution in [0.5, 0.6) is 0 Å². The highest BCUT2D eigenvalue weighted by Gasteiger charge is 2.00. The maximum absolute atomic E-state index is 5.63. The smallest absolute Gasteiger partial charge is 0.171 e. The third kappa shape index (κ3) is 5.34. The van der Waals surface area contributed by atoms with E-state index < -0.39 is 0 Å². The number of aromatic nitrogens is 1. The van der Waals surface area contributed by atoms with Crippen LogP contribution in [0.25, 0.3) is 0 Å². The van der Waals surface area contributed by atoms with Gasteiger partial charge in [0.05, 0.1) is 11.4 Å². The Morgan fingerprint density at radius 3 is 2.10 bits per heavy atom. The van der Waals surface area contributed by atoms with Gasteiger partial charge >= 0.3 is 0 Å². The zero-order valence-electron chi connectivity index (χ0n) is 12.6. The van der Waals surface area contributed by atoms with Gasteiger partial charge in [0.25, 0.3) is 0 Å². The van der Waals surface area contributed by atoms with E-state index in [9.17, 15) is 0 Å².